The van der Waals surface area contributed by atoms with Gasteiger partial charge in [-0.2, -0.15) is 0 Å². The predicted octanol–water partition coefficient (Wildman–Crippen LogP) is 17.1. The van der Waals surface area contributed by atoms with Crippen LogP contribution in [0, 0.1) is 0 Å². The highest BCUT2D eigenvalue weighted by atomic mass is 16.3. The average Bonchev–Trinajstić information content (AvgIpc) is 3.97. The number of rotatable bonds is 7. The van der Waals surface area contributed by atoms with Gasteiger partial charge in [0.2, 0.25) is 0 Å². The lowest BCUT2D eigenvalue weighted by molar-refractivity contribution is 0.660. The van der Waals surface area contributed by atoms with Gasteiger partial charge in [-0.15, -0.1) is 0 Å². The lowest BCUT2D eigenvalue weighted by Crippen LogP contribution is -2.28. The molecule has 0 bridgehead atoms. The van der Waals surface area contributed by atoms with Gasteiger partial charge in [0.15, 0.2) is 0 Å². The minimum atomic E-state index is -0.569. The summed E-state index contributed by atoms with van der Waals surface area (Å²) < 4.78 is 7.12. The zero-order valence-electron chi connectivity index (χ0n) is 36.9. The molecule has 1 heterocycles. The van der Waals surface area contributed by atoms with Gasteiger partial charge in [-0.05, 0) is 121 Å². The van der Waals surface area contributed by atoms with E-state index in [0.717, 1.165) is 44.6 Å². The number of hydrogen-bond donors (Lipinski definition) is 0. The van der Waals surface area contributed by atoms with Gasteiger partial charge in [0.05, 0.1) is 5.41 Å². The fraction of sp³-hybridized carbons (Fsp3) is 0.0625. The number of anilines is 3. The van der Waals surface area contributed by atoms with Gasteiger partial charge in [0.1, 0.15) is 11.2 Å². The van der Waals surface area contributed by atoms with E-state index in [0.29, 0.717) is 0 Å². The summed E-state index contributed by atoms with van der Waals surface area (Å²) in [6.07, 6.45) is 0. The number of fused-ring (bicyclic) bond motifs is 9. The highest BCUT2D eigenvalue weighted by Crippen LogP contribution is 2.61. The smallest absolute Gasteiger partial charge is 0.136 e. The Labute approximate surface area is 385 Å². The zero-order chi connectivity index (χ0) is 44.0. The summed E-state index contributed by atoms with van der Waals surface area (Å²) in [4.78, 5) is 2.42. The number of furan rings is 1. The van der Waals surface area contributed by atoms with E-state index in [9.17, 15) is 0 Å². The molecule has 0 radical (unpaired) electrons. The molecule has 66 heavy (non-hydrogen) atoms. The molecule has 0 saturated heterocycles. The maximum absolute atomic E-state index is 7.12. The minimum Gasteiger partial charge on any atom is -0.456 e. The van der Waals surface area contributed by atoms with Gasteiger partial charge in [-0.25, -0.2) is 0 Å². The maximum atomic E-state index is 7.12. The lowest BCUT2D eigenvalue weighted by Gasteiger charge is -2.34. The topological polar surface area (TPSA) is 16.4 Å². The predicted molar refractivity (Wildman–Crippen MR) is 274 cm³/mol. The molecule has 0 atom stereocenters. The first kappa shape index (κ1) is 38.3. The molecule has 11 aromatic rings. The van der Waals surface area contributed by atoms with Crippen molar-refractivity contribution in [3.8, 4) is 44.5 Å². The van der Waals surface area contributed by atoms with E-state index in [1.54, 1.807) is 0 Å². The molecule has 0 amide bonds. The molecule has 0 spiro atoms. The Balaban J connectivity index is 1.08. The van der Waals surface area contributed by atoms with E-state index >= 15 is 0 Å². The summed E-state index contributed by atoms with van der Waals surface area (Å²) >= 11 is 0. The van der Waals surface area contributed by atoms with Crippen molar-refractivity contribution in [3.05, 3.63) is 270 Å². The summed E-state index contributed by atoms with van der Waals surface area (Å²) in [5.41, 5.74) is 21.8. The molecule has 312 valence electrons. The molecule has 10 aromatic carbocycles. The molecule has 2 aliphatic rings. The third-order valence-electron chi connectivity index (χ3n) is 14.5. The molecule has 13 rings (SSSR count). The molecule has 2 heteroatoms. The zero-order valence-corrected chi connectivity index (χ0v) is 36.9. The molecule has 2 nitrogen and oxygen atoms in total. The Morgan fingerprint density at radius 2 is 0.864 bits per heavy atom. The summed E-state index contributed by atoms with van der Waals surface area (Å²) in [6, 6.07) is 86.7. The van der Waals surface area contributed by atoms with Crippen LogP contribution >= 0.6 is 0 Å². The first-order chi connectivity index (χ1) is 32.5. The van der Waals surface area contributed by atoms with Gasteiger partial charge < -0.3 is 9.32 Å². The normalized spacial score (nSPS) is 13.8. The van der Waals surface area contributed by atoms with E-state index in [4.69, 9.17) is 4.42 Å². The Bertz CT molecular complexity index is 3600. The summed E-state index contributed by atoms with van der Waals surface area (Å²) in [7, 11) is 0. The molecular formula is C64H45NO. The van der Waals surface area contributed by atoms with Crippen molar-refractivity contribution in [1.82, 2.24) is 0 Å². The Morgan fingerprint density at radius 1 is 0.348 bits per heavy atom. The van der Waals surface area contributed by atoms with E-state index in [1.165, 1.54) is 72.3 Å². The Morgan fingerprint density at radius 3 is 1.55 bits per heavy atom. The monoisotopic (exact) mass is 843 g/mol. The highest BCUT2D eigenvalue weighted by molar-refractivity contribution is 6.19. The van der Waals surface area contributed by atoms with Crippen LogP contribution in [0.5, 0.6) is 0 Å². The van der Waals surface area contributed by atoms with Crippen LogP contribution in [-0.4, -0.2) is 0 Å². The highest BCUT2D eigenvalue weighted by Gasteiger charge is 2.48. The van der Waals surface area contributed by atoms with Gasteiger partial charge in [-0.1, -0.05) is 202 Å². The van der Waals surface area contributed by atoms with E-state index in [1.807, 2.05) is 0 Å². The molecule has 0 unspecified atom stereocenters. The molecule has 1 aromatic heterocycles. The third kappa shape index (κ3) is 5.55. The Hall–Kier alpha value is -8.20. The SMILES string of the molecule is CC1(C)c2ccccc2-c2ccc(N(c3ccc(-c4ccccc4)cc3)c3ccc4oc5cc6c(c(-c7ccccc7)c5c4c3)-c3ccccc3C6(c3ccccc3)c3ccccc3)cc21. The van der Waals surface area contributed by atoms with E-state index < -0.39 is 5.41 Å². The molecule has 0 N–H and O–H groups in total. The second kappa shape index (κ2) is 14.7. The summed E-state index contributed by atoms with van der Waals surface area (Å²) in [6.45, 7) is 4.71. The average molecular weight is 844 g/mol. The molecule has 2 aliphatic carbocycles. The number of hydrogen-bond acceptors (Lipinski definition) is 2. The first-order valence-electron chi connectivity index (χ1n) is 23.0. The van der Waals surface area contributed by atoms with Crippen molar-refractivity contribution in [3.63, 3.8) is 0 Å². The first-order valence-corrected chi connectivity index (χ1v) is 23.0. The number of benzene rings is 10. The van der Waals surface area contributed by atoms with Gasteiger partial charge >= 0.3 is 0 Å². The Kier molecular flexibility index (Phi) is 8.51. The lowest BCUT2D eigenvalue weighted by atomic mass is 9.67. The van der Waals surface area contributed by atoms with Crippen LogP contribution in [0.25, 0.3) is 66.4 Å². The standard InChI is InChI=1S/C64H45NO/c1-63(2)54-29-17-15-27-50(54)51-37-35-49(40-56(51)63)65(47-33-31-43(32-34-47)42-19-7-3-8-20-42)48-36-38-58-53(39-48)62-59(66-58)41-57-61(60(62)44-21-9-4-10-22-44)52-28-16-18-30-55(52)64(57,45-23-11-5-12-24-45)46-25-13-6-14-26-46/h3-41H,1-2H3. The van der Waals surface area contributed by atoms with Crippen molar-refractivity contribution in [1.29, 1.82) is 0 Å². The van der Waals surface area contributed by atoms with Gasteiger partial charge in [-0.3, -0.25) is 0 Å². The largest absolute Gasteiger partial charge is 0.456 e. The minimum absolute atomic E-state index is 0.147. The van der Waals surface area contributed by atoms with Crippen LogP contribution in [0.1, 0.15) is 47.2 Å². The molecule has 0 saturated carbocycles. The van der Waals surface area contributed by atoms with Crippen LogP contribution in [0.3, 0.4) is 0 Å². The van der Waals surface area contributed by atoms with E-state index in [2.05, 4.69) is 255 Å². The molecule has 0 fully saturated rings. The second-order valence-electron chi connectivity index (χ2n) is 18.4. The van der Waals surface area contributed by atoms with Crippen LogP contribution in [0.2, 0.25) is 0 Å². The van der Waals surface area contributed by atoms with Crippen LogP contribution in [0.15, 0.2) is 241 Å². The van der Waals surface area contributed by atoms with Crippen molar-refractivity contribution in [2.24, 2.45) is 0 Å². The second-order valence-corrected chi connectivity index (χ2v) is 18.4. The van der Waals surface area contributed by atoms with Crippen molar-refractivity contribution < 1.29 is 4.42 Å². The third-order valence-corrected chi connectivity index (χ3v) is 14.5. The quantitative estimate of drug-likeness (QED) is 0.159. The van der Waals surface area contributed by atoms with Crippen LogP contribution < -0.4 is 4.90 Å². The fourth-order valence-electron chi connectivity index (χ4n) is 11.6. The molecular weight excluding hydrogens is 799 g/mol. The van der Waals surface area contributed by atoms with E-state index in [-0.39, 0.29) is 5.41 Å². The van der Waals surface area contributed by atoms with Crippen molar-refractivity contribution >= 4 is 39.0 Å². The summed E-state index contributed by atoms with van der Waals surface area (Å²) in [5.74, 6) is 0. The van der Waals surface area contributed by atoms with Crippen LogP contribution in [0.4, 0.5) is 17.1 Å². The maximum Gasteiger partial charge on any atom is 0.136 e. The molecule has 0 aliphatic heterocycles. The fourth-order valence-corrected chi connectivity index (χ4v) is 11.6. The van der Waals surface area contributed by atoms with Gasteiger partial charge in [0.25, 0.3) is 0 Å². The van der Waals surface area contributed by atoms with Crippen molar-refractivity contribution in [2.45, 2.75) is 24.7 Å². The number of nitrogens with zero attached hydrogens (tertiary/aromatic N) is 1. The summed E-state index contributed by atoms with van der Waals surface area (Å²) in [5, 5.41) is 2.20. The van der Waals surface area contributed by atoms with Crippen molar-refractivity contribution in [2.75, 3.05) is 4.90 Å². The van der Waals surface area contributed by atoms with Crippen LogP contribution in [-0.2, 0) is 10.8 Å². The van der Waals surface area contributed by atoms with Gasteiger partial charge in [0, 0.05) is 38.8 Å².